The summed E-state index contributed by atoms with van der Waals surface area (Å²) in [5, 5.41) is 5.95. The van der Waals surface area contributed by atoms with Crippen molar-refractivity contribution in [2.75, 3.05) is 6.54 Å². The van der Waals surface area contributed by atoms with Crippen molar-refractivity contribution >= 4 is 17.6 Å². The summed E-state index contributed by atoms with van der Waals surface area (Å²) in [4.78, 5) is 11.8. The van der Waals surface area contributed by atoms with Crippen LogP contribution in [-0.2, 0) is 13.0 Å². The van der Waals surface area contributed by atoms with Crippen LogP contribution in [0.4, 0.5) is 13.6 Å². The summed E-state index contributed by atoms with van der Waals surface area (Å²) in [6.45, 7) is -2.38. The van der Waals surface area contributed by atoms with Crippen molar-refractivity contribution in [3.05, 3.63) is 64.7 Å². The second-order valence-corrected chi connectivity index (χ2v) is 5.41. The molecule has 2 rings (SSSR count). The number of rotatable bonds is 7. The van der Waals surface area contributed by atoms with Crippen molar-refractivity contribution in [2.24, 2.45) is 0 Å². The van der Waals surface area contributed by atoms with Crippen molar-refractivity contribution in [3.63, 3.8) is 0 Å². The zero-order chi connectivity index (χ0) is 17.4. The van der Waals surface area contributed by atoms with Crippen molar-refractivity contribution in [1.82, 2.24) is 10.6 Å². The van der Waals surface area contributed by atoms with E-state index in [9.17, 15) is 13.6 Å². The van der Waals surface area contributed by atoms with Crippen LogP contribution in [0.15, 0.2) is 48.5 Å². The van der Waals surface area contributed by atoms with Gasteiger partial charge in [0.2, 0.25) is 0 Å². The zero-order valence-corrected chi connectivity index (χ0v) is 13.5. The Kier molecular flexibility index (Phi) is 6.81. The first-order valence-electron chi connectivity index (χ1n) is 7.33. The number of carbonyl (C=O) groups is 1. The number of hydrogen-bond acceptors (Lipinski definition) is 2. The third-order valence-electron chi connectivity index (χ3n) is 3.22. The van der Waals surface area contributed by atoms with Gasteiger partial charge in [-0.15, -0.1) is 0 Å². The third kappa shape index (κ3) is 6.04. The Balaban J connectivity index is 1.77. The second-order valence-electron chi connectivity index (χ2n) is 4.98. The molecular weight excluding hydrogens is 338 g/mol. The van der Waals surface area contributed by atoms with Gasteiger partial charge in [0.05, 0.1) is 0 Å². The Labute approximate surface area is 143 Å². The number of urea groups is 1. The minimum Gasteiger partial charge on any atom is -0.434 e. The fourth-order valence-electron chi connectivity index (χ4n) is 2.11. The van der Waals surface area contributed by atoms with E-state index in [1.807, 2.05) is 18.2 Å². The Morgan fingerprint density at radius 1 is 1.12 bits per heavy atom. The Hall–Kier alpha value is -2.34. The van der Waals surface area contributed by atoms with Gasteiger partial charge in [-0.3, -0.25) is 0 Å². The molecule has 0 aliphatic carbocycles. The van der Waals surface area contributed by atoms with Gasteiger partial charge in [-0.2, -0.15) is 8.78 Å². The first-order chi connectivity index (χ1) is 11.5. The molecule has 0 aliphatic rings. The van der Waals surface area contributed by atoms with E-state index in [-0.39, 0.29) is 18.3 Å². The predicted octanol–water partition coefficient (Wildman–Crippen LogP) is 3.98. The Morgan fingerprint density at radius 3 is 2.67 bits per heavy atom. The van der Waals surface area contributed by atoms with Crippen molar-refractivity contribution in [3.8, 4) is 5.75 Å². The van der Waals surface area contributed by atoms with Gasteiger partial charge in [0.1, 0.15) is 5.75 Å². The summed E-state index contributed by atoms with van der Waals surface area (Å²) in [6.07, 6.45) is 0.638. The monoisotopic (exact) mass is 354 g/mol. The molecule has 0 aliphatic heterocycles. The standard InChI is InChI=1S/C17H17ClF2N2O2/c18-14-6-3-4-12(10-14)8-9-21-17(23)22-11-13-5-1-2-7-15(13)24-16(19)20/h1-7,10,16H,8-9,11H2,(H2,21,22,23). The first-order valence-corrected chi connectivity index (χ1v) is 7.71. The fraction of sp³-hybridized carbons (Fsp3) is 0.235. The molecule has 2 amide bonds. The highest BCUT2D eigenvalue weighted by molar-refractivity contribution is 6.30. The van der Waals surface area contributed by atoms with E-state index in [0.29, 0.717) is 23.6 Å². The molecule has 0 saturated heterocycles. The van der Waals surface area contributed by atoms with E-state index < -0.39 is 6.61 Å². The molecule has 0 bridgehead atoms. The molecule has 2 aromatic carbocycles. The highest BCUT2D eigenvalue weighted by Crippen LogP contribution is 2.19. The first kappa shape index (κ1) is 18.0. The third-order valence-corrected chi connectivity index (χ3v) is 3.45. The topological polar surface area (TPSA) is 50.4 Å². The van der Waals surface area contributed by atoms with Crippen molar-refractivity contribution in [1.29, 1.82) is 0 Å². The van der Waals surface area contributed by atoms with Crippen molar-refractivity contribution in [2.45, 2.75) is 19.6 Å². The minimum atomic E-state index is -2.90. The number of para-hydroxylation sites is 1. The molecule has 0 aromatic heterocycles. The van der Waals surface area contributed by atoms with Gasteiger partial charge in [-0.05, 0) is 30.2 Å². The molecule has 0 radical (unpaired) electrons. The number of nitrogens with one attached hydrogen (secondary N) is 2. The number of benzene rings is 2. The lowest BCUT2D eigenvalue weighted by Crippen LogP contribution is -2.36. The lowest BCUT2D eigenvalue weighted by atomic mass is 10.1. The van der Waals surface area contributed by atoms with Gasteiger partial charge < -0.3 is 15.4 Å². The molecule has 0 heterocycles. The Bertz CT molecular complexity index is 683. The Morgan fingerprint density at radius 2 is 1.92 bits per heavy atom. The van der Waals surface area contributed by atoms with Crippen molar-refractivity contribution < 1.29 is 18.3 Å². The van der Waals surface area contributed by atoms with Crippen LogP contribution in [0.1, 0.15) is 11.1 Å². The zero-order valence-electron chi connectivity index (χ0n) is 12.8. The maximum Gasteiger partial charge on any atom is 0.387 e. The summed E-state index contributed by atoms with van der Waals surface area (Å²) in [6, 6.07) is 13.3. The molecule has 128 valence electrons. The quantitative estimate of drug-likeness (QED) is 0.790. The molecule has 7 heteroatoms. The summed E-state index contributed by atoms with van der Waals surface area (Å²) in [5.41, 5.74) is 1.49. The molecule has 2 N–H and O–H groups in total. The number of hydrogen-bond donors (Lipinski definition) is 2. The van der Waals surface area contributed by atoms with E-state index in [4.69, 9.17) is 11.6 Å². The maximum atomic E-state index is 12.3. The average Bonchev–Trinajstić information content (AvgIpc) is 2.53. The van der Waals surface area contributed by atoms with E-state index in [1.54, 1.807) is 24.3 Å². The second kappa shape index (κ2) is 9.08. The summed E-state index contributed by atoms with van der Waals surface area (Å²) in [5.74, 6) is 0.0479. The molecule has 2 aromatic rings. The van der Waals surface area contributed by atoms with Crippen LogP contribution in [0, 0.1) is 0 Å². The summed E-state index contributed by atoms with van der Waals surface area (Å²) < 4.78 is 29.1. The van der Waals surface area contributed by atoms with Gasteiger partial charge in [-0.1, -0.05) is 41.9 Å². The van der Waals surface area contributed by atoms with E-state index >= 15 is 0 Å². The lowest BCUT2D eigenvalue weighted by Gasteiger charge is -2.12. The molecule has 24 heavy (non-hydrogen) atoms. The van der Waals surface area contributed by atoms with Crippen LogP contribution in [0.3, 0.4) is 0 Å². The van der Waals surface area contributed by atoms with Crippen LogP contribution < -0.4 is 15.4 Å². The van der Waals surface area contributed by atoms with Crippen LogP contribution in [0.5, 0.6) is 5.75 Å². The smallest absolute Gasteiger partial charge is 0.387 e. The molecular formula is C17H17ClF2N2O2. The van der Waals surface area contributed by atoms with E-state index in [1.165, 1.54) is 6.07 Å². The maximum absolute atomic E-state index is 12.3. The molecule has 0 atom stereocenters. The summed E-state index contributed by atoms with van der Waals surface area (Å²) >= 11 is 5.89. The molecule has 0 spiro atoms. The fourth-order valence-corrected chi connectivity index (χ4v) is 2.32. The van der Waals surface area contributed by atoms with Gasteiger partial charge in [0, 0.05) is 23.7 Å². The highest BCUT2D eigenvalue weighted by atomic mass is 35.5. The summed E-state index contributed by atoms with van der Waals surface area (Å²) in [7, 11) is 0. The number of amides is 2. The largest absolute Gasteiger partial charge is 0.434 e. The van der Waals surface area contributed by atoms with Gasteiger partial charge >= 0.3 is 12.6 Å². The van der Waals surface area contributed by atoms with Crippen LogP contribution in [0.2, 0.25) is 5.02 Å². The van der Waals surface area contributed by atoms with E-state index in [0.717, 1.165) is 5.56 Å². The number of halogens is 3. The minimum absolute atomic E-state index is 0.0479. The number of alkyl halides is 2. The predicted molar refractivity (Wildman–Crippen MR) is 88.5 cm³/mol. The number of carbonyl (C=O) groups excluding carboxylic acids is 1. The van der Waals surface area contributed by atoms with Gasteiger partial charge in [0.25, 0.3) is 0 Å². The normalized spacial score (nSPS) is 10.5. The van der Waals surface area contributed by atoms with Gasteiger partial charge in [0.15, 0.2) is 0 Å². The van der Waals surface area contributed by atoms with Crippen LogP contribution in [-0.4, -0.2) is 19.2 Å². The van der Waals surface area contributed by atoms with E-state index in [2.05, 4.69) is 15.4 Å². The average molecular weight is 355 g/mol. The van der Waals surface area contributed by atoms with Crippen LogP contribution in [0.25, 0.3) is 0 Å². The molecule has 0 fully saturated rings. The highest BCUT2D eigenvalue weighted by Gasteiger charge is 2.09. The lowest BCUT2D eigenvalue weighted by molar-refractivity contribution is -0.0504. The molecule has 4 nitrogen and oxygen atoms in total. The van der Waals surface area contributed by atoms with Gasteiger partial charge in [-0.25, -0.2) is 4.79 Å². The molecule has 0 unspecified atom stereocenters. The van der Waals surface area contributed by atoms with Crippen LogP contribution >= 0.6 is 11.6 Å². The SMILES string of the molecule is O=C(NCCc1cccc(Cl)c1)NCc1ccccc1OC(F)F. The molecule has 0 saturated carbocycles. The number of ether oxygens (including phenoxy) is 1.